The number of hydrogen-bond acceptors (Lipinski definition) is 5. The van der Waals surface area contributed by atoms with Crippen molar-refractivity contribution in [1.82, 2.24) is 14.7 Å². The summed E-state index contributed by atoms with van der Waals surface area (Å²) in [5.74, 6) is 0.292. The molecule has 0 radical (unpaired) electrons. The zero-order chi connectivity index (χ0) is 20.1. The molecular formula is C23H33N5O. The van der Waals surface area contributed by atoms with E-state index in [1.165, 1.54) is 32.1 Å². The first-order valence-corrected chi connectivity index (χ1v) is 11.2. The van der Waals surface area contributed by atoms with Gasteiger partial charge in [-0.2, -0.15) is 5.26 Å². The number of nitrogens with zero attached hydrogens (tertiary/aromatic N) is 5. The van der Waals surface area contributed by atoms with Crippen LogP contribution in [0.3, 0.4) is 0 Å². The Morgan fingerprint density at radius 3 is 2.17 bits per heavy atom. The summed E-state index contributed by atoms with van der Waals surface area (Å²) in [5, 5.41) is 8.94. The van der Waals surface area contributed by atoms with Crippen molar-refractivity contribution in [2.45, 2.75) is 38.1 Å². The van der Waals surface area contributed by atoms with Gasteiger partial charge in [0.05, 0.1) is 18.2 Å². The van der Waals surface area contributed by atoms with Crippen LogP contribution in [0.4, 0.5) is 5.69 Å². The van der Waals surface area contributed by atoms with Gasteiger partial charge in [0.15, 0.2) is 0 Å². The number of anilines is 1. The van der Waals surface area contributed by atoms with Gasteiger partial charge in [-0.15, -0.1) is 0 Å². The number of hydrogen-bond donors (Lipinski definition) is 0. The van der Waals surface area contributed by atoms with Crippen LogP contribution in [-0.4, -0.2) is 85.6 Å². The molecule has 0 unspecified atom stereocenters. The topological polar surface area (TPSA) is 53.8 Å². The van der Waals surface area contributed by atoms with E-state index in [1.54, 1.807) is 0 Å². The molecule has 3 fully saturated rings. The fourth-order valence-electron chi connectivity index (χ4n) is 4.98. The zero-order valence-electron chi connectivity index (χ0n) is 17.4. The molecule has 1 amide bonds. The van der Waals surface area contributed by atoms with Crippen molar-refractivity contribution in [1.29, 1.82) is 5.26 Å². The van der Waals surface area contributed by atoms with Crippen LogP contribution in [0.15, 0.2) is 24.3 Å². The lowest BCUT2D eigenvalue weighted by molar-refractivity contribution is -0.134. The van der Waals surface area contributed by atoms with Crippen LogP contribution in [0.2, 0.25) is 0 Å². The van der Waals surface area contributed by atoms with Crippen molar-refractivity contribution in [3.8, 4) is 6.07 Å². The average molecular weight is 396 g/mol. The highest BCUT2D eigenvalue weighted by molar-refractivity contribution is 5.78. The maximum absolute atomic E-state index is 12.8. The van der Waals surface area contributed by atoms with Crippen LogP contribution in [0.5, 0.6) is 0 Å². The molecule has 0 atom stereocenters. The van der Waals surface area contributed by atoms with Gasteiger partial charge in [-0.3, -0.25) is 14.6 Å². The quantitative estimate of drug-likeness (QED) is 0.782. The second-order valence-corrected chi connectivity index (χ2v) is 8.63. The van der Waals surface area contributed by atoms with Crippen LogP contribution >= 0.6 is 0 Å². The molecule has 1 saturated carbocycles. The Balaban J connectivity index is 1.19. The van der Waals surface area contributed by atoms with Gasteiger partial charge in [0.25, 0.3) is 0 Å². The van der Waals surface area contributed by atoms with E-state index in [0.29, 0.717) is 18.0 Å². The lowest BCUT2D eigenvalue weighted by Crippen LogP contribution is -2.55. The second-order valence-electron chi connectivity index (χ2n) is 8.63. The monoisotopic (exact) mass is 395 g/mol. The number of carbonyl (C=O) groups is 1. The second kappa shape index (κ2) is 9.60. The Morgan fingerprint density at radius 2 is 1.55 bits per heavy atom. The van der Waals surface area contributed by atoms with Crippen molar-refractivity contribution >= 4 is 11.6 Å². The zero-order valence-corrected chi connectivity index (χ0v) is 17.4. The molecule has 6 nitrogen and oxygen atoms in total. The summed E-state index contributed by atoms with van der Waals surface area (Å²) in [6.45, 7) is 8.09. The Kier molecular flexibility index (Phi) is 6.68. The Bertz CT molecular complexity index is 706. The molecule has 4 rings (SSSR count). The summed E-state index contributed by atoms with van der Waals surface area (Å²) in [6, 6.07) is 10.7. The third-order valence-corrected chi connectivity index (χ3v) is 6.85. The molecule has 1 aromatic carbocycles. The van der Waals surface area contributed by atoms with Crippen LogP contribution in [0, 0.1) is 11.3 Å². The van der Waals surface area contributed by atoms with E-state index in [4.69, 9.17) is 5.26 Å². The summed E-state index contributed by atoms with van der Waals surface area (Å²) in [6.07, 6.45) is 6.83. The van der Waals surface area contributed by atoms with Crippen molar-refractivity contribution in [3.05, 3.63) is 29.8 Å². The molecule has 2 saturated heterocycles. The average Bonchev–Trinajstić information content (AvgIpc) is 2.80. The van der Waals surface area contributed by atoms with Crippen LogP contribution in [0.25, 0.3) is 0 Å². The third kappa shape index (κ3) is 5.09. The number of piperazine rings is 2. The van der Waals surface area contributed by atoms with Crippen LogP contribution < -0.4 is 4.90 Å². The van der Waals surface area contributed by atoms with Crippen molar-refractivity contribution in [3.63, 3.8) is 0 Å². The van der Waals surface area contributed by atoms with E-state index in [-0.39, 0.29) is 0 Å². The lowest BCUT2D eigenvalue weighted by Gasteiger charge is -2.41. The normalized spacial score (nSPS) is 22.4. The maximum Gasteiger partial charge on any atom is 0.236 e. The molecule has 2 aliphatic heterocycles. The highest BCUT2D eigenvalue weighted by atomic mass is 16.2. The third-order valence-electron chi connectivity index (χ3n) is 6.85. The molecule has 0 bridgehead atoms. The first kappa shape index (κ1) is 20.2. The highest BCUT2D eigenvalue weighted by Crippen LogP contribution is 2.23. The van der Waals surface area contributed by atoms with E-state index >= 15 is 0 Å². The van der Waals surface area contributed by atoms with E-state index in [1.807, 2.05) is 24.3 Å². The molecule has 29 heavy (non-hydrogen) atoms. The van der Waals surface area contributed by atoms with Gasteiger partial charge in [0.2, 0.25) is 5.91 Å². The van der Waals surface area contributed by atoms with Gasteiger partial charge >= 0.3 is 0 Å². The molecule has 0 N–H and O–H groups in total. The lowest BCUT2D eigenvalue weighted by atomic mass is 9.94. The van der Waals surface area contributed by atoms with Crippen molar-refractivity contribution < 1.29 is 4.79 Å². The Labute approximate surface area is 174 Å². The van der Waals surface area contributed by atoms with E-state index in [2.05, 4.69) is 25.7 Å². The molecule has 2 heterocycles. The van der Waals surface area contributed by atoms with Crippen molar-refractivity contribution in [2.75, 3.05) is 63.8 Å². The molecule has 0 aromatic heterocycles. The predicted octanol–water partition coefficient (Wildman–Crippen LogP) is 2.16. The fraction of sp³-hybridized carbons (Fsp3) is 0.652. The van der Waals surface area contributed by atoms with Crippen molar-refractivity contribution in [2.24, 2.45) is 0 Å². The predicted molar refractivity (Wildman–Crippen MR) is 115 cm³/mol. The summed E-state index contributed by atoms with van der Waals surface area (Å²) in [7, 11) is 0. The molecule has 156 valence electrons. The molecular weight excluding hydrogens is 362 g/mol. The smallest absolute Gasteiger partial charge is 0.236 e. The minimum Gasteiger partial charge on any atom is -0.369 e. The Hall–Kier alpha value is -2.10. The SMILES string of the molecule is N#Cc1ccc(N2CCN(CC(=O)N3CCN(C4CCCCC4)CC3)CC2)cc1. The summed E-state index contributed by atoms with van der Waals surface area (Å²) in [4.78, 5) is 22.1. The standard InChI is InChI=1S/C23H33N5O/c24-18-20-6-8-22(9-7-20)26-12-10-25(11-13-26)19-23(29)28-16-14-27(15-17-28)21-4-2-1-3-5-21/h6-9,21H,1-5,10-17,19H2. The molecule has 6 heteroatoms. The summed E-state index contributed by atoms with van der Waals surface area (Å²) in [5.41, 5.74) is 1.86. The van der Waals surface area contributed by atoms with E-state index < -0.39 is 0 Å². The molecule has 3 aliphatic rings. The Morgan fingerprint density at radius 1 is 0.897 bits per heavy atom. The molecule has 0 spiro atoms. The number of amides is 1. The van der Waals surface area contributed by atoms with Gasteiger partial charge in [-0.1, -0.05) is 19.3 Å². The first-order chi connectivity index (χ1) is 14.2. The summed E-state index contributed by atoms with van der Waals surface area (Å²) >= 11 is 0. The first-order valence-electron chi connectivity index (χ1n) is 11.2. The largest absolute Gasteiger partial charge is 0.369 e. The van der Waals surface area contributed by atoms with Gasteiger partial charge < -0.3 is 9.80 Å². The number of rotatable bonds is 4. The molecule has 1 aliphatic carbocycles. The van der Waals surface area contributed by atoms with Crippen LogP contribution in [-0.2, 0) is 4.79 Å². The maximum atomic E-state index is 12.8. The molecule has 1 aromatic rings. The van der Waals surface area contributed by atoms with Gasteiger partial charge in [0, 0.05) is 64.1 Å². The number of nitriles is 1. The van der Waals surface area contributed by atoms with Crippen LogP contribution in [0.1, 0.15) is 37.7 Å². The summed E-state index contributed by atoms with van der Waals surface area (Å²) < 4.78 is 0. The number of benzene rings is 1. The van der Waals surface area contributed by atoms with E-state index in [9.17, 15) is 4.79 Å². The van der Waals surface area contributed by atoms with E-state index in [0.717, 1.165) is 64.1 Å². The minimum absolute atomic E-state index is 0.292. The van der Waals surface area contributed by atoms with Gasteiger partial charge in [0.1, 0.15) is 0 Å². The van der Waals surface area contributed by atoms with Gasteiger partial charge in [-0.05, 0) is 37.1 Å². The minimum atomic E-state index is 0.292. The van der Waals surface area contributed by atoms with Gasteiger partial charge in [-0.25, -0.2) is 0 Å². The highest BCUT2D eigenvalue weighted by Gasteiger charge is 2.28. The number of carbonyl (C=O) groups excluding carboxylic acids is 1. The fourth-order valence-corrected chi connectivity index (χ4v) is 4.98.